The highest BCUT2D eigenvalue weighted by atomic mass is 16.5. The number of nitrogens with zero attached hydrogens (tertiary/aromatic N) is 2. The summed E-state index contributed by atoms with van der Waals surface area (Å²) in [5.41, 5.74) is 7.80. The van der Waals surface area contributed by atoms with E-state index < -0.39 is 0 Å². The molecular weight excluding hydrogens is 238 g/mol. The first-order valence-corrected chi connectivity index (χ1v) is 7.01. The van der Waals surface area contributed by atoms with E-state index in [2.05, 4.69) is 29.7 Å². The van der Waals surface area contributed by atoms with Crippen LogP contribution in [0.5, 0.6) is 5.75 Å². The molecule has 0 bridgehead atoms. The predicted octanol–water partition coefficient (Wildman–Crippen LogP) is 2.06. The number of ether oxygens (including phenoxy) is 1. The van der Waals surface area contributed by atoms with Gasteiger partial charge in [-0.05, 0) is 18.1 Å². The molecule has 2 rings (SSSR count). The summed E-state index contributed by atoms with van der Waals surface area (Å²) >= 11 is 0. The lowest BCUT2D eigenvalue weighted by Gasteiger charge is -2.37. The number of nitrogen functional groups attached to an aromatic ring is 1. The Morgan fingerprint density at radius 1 is 1.21 bits per heavy atom. The average Bonchev–Trinajstić information content (AvgIpc) is 2.38. The fraction of sp³-hybridized carbons (Fsp3) is 0.600. The van der Waals surface area contributed by atoms with Gasteiger partial charge < -0.3 is 15.4 Å². The Balaban J connectivity index is 2.03. The van der Waals surface area contributed by atoms with Gasteiger partial charge >= 0.3 is 0 Å². The summed E-state index contributed by atoms with van der Waals surface area (Å²) in [6, 6.07) is 5.97. The van der Waals surface area contributed by atoms with Gasteiger partial charge in [0.1, 0.15) is 0 Å². The van der Waals surface area contributed by atoms with Crippen LogP contribution in [0.15, 0.2) is 18.2 Å². The molecule has 0 atom stereocenters. The molecule has 0 radical (unpaired) electrons. The molecule has 0 amide bonds. The largest absolute Gasteiger partial charge is 0.492 e. The molecule has 0 aliphatic carbocycles. The molecule has 1 aliphatic rings. The predicted molar refractivity (Wildman–Crippen MR) is 80.9 cm³/mol. The van der Waals surface area contributed by atoms with Crippen molar-refractivity contribution in [3.8, 4) is 5.75 Å². The minimum absolute atomic E-state index is 0.713. The van der Waals surface area contributed by atoms with Crippen LogP contribution in [0.1, 0.15) is 13.8 Å². The highest BCUT2D eigenvalue weighted by molar-refractivity contribution is 5.70. The summed E-state index contributed by atoms with van der Waals surface area (Å²) in [6.07, 6.45) is 0. The second-order valence-electron chi connectivity index (χ2n) is 5.58. The van der Waals surface area contributed by atoms with Crippen molar-refractivity contribution in [1.29, 1.82) is 0 Å². The van der Waals surface area contributed by atoms with Gasteiger partial charge in [0.15, 0.2) is 5.75 Å². The first-order chi connectivity index (χ1) is 9.11. The van der Waals surface area contributed by atoms with Crippen molar-refractivity contribution >= 4 is 11.4 Å². The van der Waals surface area contributed by atoms with E-state index >= 15 is 0 Å². The summed E-state index contributed by atoms with van der Waals surface area (Å²) in [5.74, 6) is 1.54. The Bertz CT molecular complexity index is 412. The molecule has 0 spiro atoms. The third-order valence-electron chi connectivity index (χ3n) is 3.57. The molecule has 1 saturated heterocycles. The Labute approximate surface area is 116 Å². The number of benzene rings is 1. The summed E-state index contributed by atoms with van der Waals surface area (Å²) in [7, 11) is 1.68. The van der Waals surface area contributed by atoms with Gasteiger partial charge in [0.05, 0.1) is 18.5 Å². The SMILES string of the molecule is COc1c(N)cccc1N1CCN(CC(C)C)CC1. The van der Waals surface area contributed by atoms with Crippen LogP contribution < -0.4 is 15.4 Å². The molecule has 1 aliphatic heterocycles. The Kier molecular flexibility index (Phi) is 4.53. The minimum atomic E-state index is 0.713. The maximum absolute atomic E-state index is 5.97. The van der Waals surface area contributed by atoms with Crippen LogP contribution in [-0.4, -0.2) is 44.7 Å². The molecule has 1 aromatic rings. The molecule has 2 N–H and O–H groups in total. The van der Waals surface area contributed by atoms with Gasteiger partial charge in [0.25, 0.3) is 0 Å². The summed E-state index contributed by atoms with van der Waals surface area (Å²) in [4.78, 5) is 4.89. The van der Waals surface area contributed by atoms with E-state index in [1.807, 2.05) is 12.1 Å². The highest BCUT2D eigenvalue weighted by Crippen LogP contribution is 2.34. The zero-order chi connectivity index (χ0) is 13.8. The molecule has 106 valence electrons. The van der Waals surface area contributed by atoms with Crippen LogP contribution >= 0.6 is 0 Å². The van der Waals surface area contributed by atoms with E-state index in [9.17, 15) is 0 Å². The van der Waals surface area contributed by atoms with Crippen molar-refractivity contribution in [3.05, 3.63) is 18.2 Å². The van der Waals surface area contributed by atoms with E-state index in [1.54, 1.807) is 7.11 Å². The highest BCUT2D eigenvalue weighted by Gasteiger charge is 2.20. The van der Waals surface area contributed by atoms with Crippen LogP contribution in [0, 0.1) is 5.92 Å². The van der Waals surface area contributed by atoms with Gasteiger partial charge in [-0.2, -0.15) is 0 Å². The number of para-hydroxylation sites is 1. The molecule has 0 aromatic heterocycles. The Hall–Kier alpha value is -1.42. The van der Waals surface area contributed by atoms with Crippen LogP contribution in [0.25, 0.3) is 0 Å². The normalized spacial score (nSPS) is 16.9. The lowest BCUT2D eigenvalue weighted by Crippen LogP contribution is -2.47. The fourth-order valence-corrected chi connectivity index (χ4v) is 2.70. The molecule has 4 heteroatoms. The summed E-state index contributed by atoms with van der Waals surface area (Å²) in [5, 5.41) is 0. The van der Waals surface area contributed by atoms with Crippen molar-refractivity contribution < 1.29 is 4.74 Å². The first kappa shape index (κ1) is 14.0. The van der Waals surface area contributed by atoms with Crippen LogP contribution in [0.3, 0.4) is 0 Å². The number of anilines is 2. The summed E-state index contributed by atoms with van der Waals surface area (Å²) < 4.78 is 5.44. The maximum atomic E-state index is 5.97. The number of nitrogens with two attached hydrogens (primary N) is 1. The van der Waals surface area contributed by atoms with E-state index in [4.69, 9.17) is 10.5 Å². The summed E-state index contributed by atoms with van der Waals surface area (Å²) in [6.45, 7) is 10.0. The zero-order valence-corrected chi connectivity index (χ0v) is 12.2. The molecule has 0 saturated carbocycles. The van der Waals surface area contributed by atoms with E-state index in [0.717, 1.165) is 43.5 Å². The number of hydrogen-bond acceptors (Lipinski definition) is 4. The van der Waals surface area contributed by atoms with Crippen LogP contribution in [-0.2, 0) is 0 Å². The molecule has 1 aromatic carbocycles. The minimum Gasteiger partial charge on any atom is -0.492 e. The lowest BCUT2D eigenvalue weighted by atomic mass is 10.1. The van der Waals surface area contributed by atoms with Gasteiger partial charge in [-0.1, -0.05) is 19.9 Å². The molecule has 1 heterocycles. The average molecular weight is 263 g/mol. The lowest BCUT2D eigenvalue weighted by molar-refractivity contribution is 0.231. The van der Waals surface area contributed by atoms with E-state index in [0.29, 0.717) is 5.69 Å². The number of methoxy groups -OCH3 is 1. The Morgan fingerprint density at radius 2 is 1.89 bits per heavy atom. The topological polar surface area (TPSA) is 41.7 Å². The van der Waals surface area contributed by atoms with Crippen LogP contribution in [0.4, 0.5) is 11.4 Å². The van der Waals surface area contributed by atoms with Gasteiger partial charge in [-0.15, -0.1) is 0 Å². The van der Waals surface area contributed by atoms with Crippen molar-refractivity contribution in [2.24, 2.45) is 5.92 Å². The second kappa shape index (κ2) is 6.15. The molecule has 19 heavy (non-hydrogen) atoms. The molecule has 4 nitrogen and oxygen atoms in total. The van der Waals surface area contributed by atoms with Crippen LogP contribution in [0.2, 0.25) is 0 Å². The van der Waals surface area contributed by atoms with Crippen molar-refractivity contribution in [3.63, 3.8) is 0 Å². The smallest absolute Gasteiger partial charge is 0.165 e. The van der Waals surface area contributed by atoms with Crippen molar-refractivity contribution in [2.75, 3.05) is 50.5 Å². The first-order valence-electron chi connectivity index (χ1n) is 7.01. The second-order valence-corrected chi connectivity index (χ2v) is 5.58. The van der Waals surface area contributed by atoms with Gasteiger partial charge in [-0.3, -0.25) is 4.90 Å². The molecule has 0 unspecified atom stereocenters. The van der Waals surface area contributed by atoms with E-state index in [-0.39, 0.29) is 0 Å². The number of rotatable bonds is 4. The maximum Gasteiger partial charge on any atom is 0.165 e. The van der Waals surface area contributed by atoms with Gasteiger partial charge in [0.2, 0.25) is 0 Å². The quantitative estimate of drug-likeness (QED) is 0.844. The standard InChI is InChI=1S/C15H25N3O/c1-12(2)11-17-7-9-18(10-8-17)14-6-4-5-13(16)15(14)19-3/h4-6,12H,7-11,16H2,1-3H3. The molecular formula is C15H25N3O. The van der Waals surface area contributed by atoms with E-state index in [1.165, 1.54) is 6.54 Å². The monoisotopic (exact) mass is 263 g/mol. The Morgan fingerprint density at radius 3 is 2.47 bits per heavy atom. The van der Waals surface area contributed by atoms with Gasteiger partial charge in [0, 0.05) is 32.7 Å². The number of piperazine rings is 1. The third kappa shape index (κ3) is 3.32. The van der Waals surface area contributed by atoms with Gasteiger partial charge in [-0.25, -0.2) is 0 Å². The zero-order valence-electron chi connectivity index (χ0n) is 12.2. The third-order valence-corrected chi connectivity index (χ3v) is 3.57. The molecule has 1 fully saturated rings. The van der Waals surface area contributed by atoms with Crippen molar-refractivity contribution in [1.82, 2.24) is 4.90 Å². The van der Waals surface area contributed by atoms with Crippen molar-refractivity contribution in [2.45, 2.75) is 13.8 Å². The number of hydrogen-bond donors (Lipinski definition) is 1. The fourth-order valence-electron chi connectivity index (χ4n) is 2.70.